The number of hydrogen-bond acceptors (Lipinski definition) is 5. The molecule has 3 rings (SSSR count). The molecule has 0 radical (unpaired) electrons. The molecule has 102 valence electrons. The van der Waals surface area contributed by atoms with E-state index in [0.29, 0.717) is 6.04 Å². The van der Waals surface area contributed by atoms with Crippen molar-refractivity contribution in [3.63, 3.8) is 0 Å². The molecule has 2 aromatic rings. The van der Waals surface area contributed by atoms with Crippen molar-refractivity contribution in [1.82, 2.24) is 15.5 Å². The summed E-state index contributed by atoms with van der Waals surface area (Å²) in [7, 11) is 0. The molecule has 0 saturated heterocycles. The highest BCUT2D eigenvalue weighted by Crippen LogP contribution is 2.33. The van der Waals surface area contributed by atoms with E-state index in [9.17, 15) is 0 Å². The van der Waals surface area contributed by atoms with Crippen LogP contribution in [0, 0.1) is 5.92 Å². The number of likely N-dealkylation sites (N-methyl/N-ethyl adjacent to an activating group) is 1. The van der Waals surface area contributed by atoms with Gasteiger partial charge in [-0.25, -0.2) is 0 Å². The van der Waals surface area contributed by atoms with Crippen LogP contribution in [0.1, 0.15) is 36.4 Å². The normalized spacial score (nSPS) is 16.7. The second-order valence-electron chi connectivity index (χ2n) is 5.07. The van der Waals surface area contributed by atoms with Crippen molar-refractivity contribution in [1.29, 1.82) is 0 Å². The van der Waals surface area contributed by atoms with Crippen LogP contribution in [0.4, 0.5) is 0 Å². The van der Waals surface area contributed by atoms with Gasteiger partial charge in [0.2, 0.25) is 5.89 Å². The first-order chi connectivity index (χ1) is 9.35. The van der Waals surface area contributed by atoms with Gasteiger partial charge in [0.1, 0.15) is 0 Å². The maximum Gasteiger partial charge on any atom is 0.228 e. The summed E-state index contributed by atoms with van der Waals surface area (Å²) in [5.41, 5.74) is 0. The Morgan fingerprint density at radius 3 is 3.11 bits per heavy atom. The first kappa shape index (κ1) is 12.8. The monoisotopic (exact) mass is 277 g/mol. The molecule has 2 heterocycles. The fourth-order valence-electron chi connectivity index (χ4n) is 2.37. The van der Waals surface area contributed by atoms with E-state index in [2.05, 4.69) is 39.9 Å². The first-order valence-corrected chi connectivity index (χ1v) is 7.80. The van der Waals surface area contributed by atoms with Crippen LogP contribution in [0.15, 0.2) is 22.0 Å². The summed E-state index contributed by atoms with van der Waals surface area (Å²) in [5.74, 6) is 2.36. The van der Waals surface area contributed by atoms with E-state index in [1.54, 1.807) is 11.3 Å². The molecular formula is C14H19N3OS. The molecule has 0 amide bonds. The van der Waals surface area contributed by atoms with Crippen molar-refractivity contribution in [3.8, 4) is 0 Å². The standard InChI is InChI=1S/C14H19N3OS/c1-2-15-12(10-5-6-10)9-14-16-13(17-18-14)8-11-4-3-7-19-11/h3-4,7,10,12,15H,2,5-6,8-9H2,1H3. The molecule has 0 aromatic carbocycles. The van der Waals surface area contributed by atoms with Crippen LogP contribution < -0.4 is 5.32 Å². The molecule has 1 unspecified atom stereocenters. The molecule has 0 bridgehead atoms. The summed E-state index contributed by atoms with van der Waals surface area (Å²) >= 11 is 1.73. The molecule has 4 nitrogen and oxygen atoms in total. The van der Waals surface area contributed by atoms with Crippen LogP contribution in [0.5, 0.6) is 0 Å². The largest absolute Gasteiger partial charge is 0.339 e. The van der Waals surface area contributed by atoms with E-state index in [4.69, 9.17) is 4.52 Å². The van der Waals surface area contributed by atoms with Gasteiger partial charge in [0.05, 0.1) is 0 Å². The fourth-order valence-corrected chi connectivity index (χ4v) is 3.07. The molecular weight excluding hydrogens is 258 g/mol. The van der Waals surface area contributed by atoms with Gasteiger partial charge in [-0.15, -0.1) is 11.3 Å². The Balaban J connectivity index is 1.60. The smallest absolute Gasteiger partial charge is 0.228 e. The van der Waals surface area contributed by atoms with E-state index in [1.165, 1.54) is 17.7 Å². The van der Waals surface area contributed by atoms with Crippen LogP contribution in [-0.2, 0) is 12.8 Å². The van der Waals surface area contributed by atoms with E-state index in [1.807, 2.05) is 0 Å². The number of aromatic nitrogens is 2. The van der Waals surface area contributed by atoms with Crippen molar-refractivity contribution < 1.29 is 4.52 Å². The van der Waals surface area contributed by atoms with Gasteiger partial charge in [-0.05, 0) is 36.8 Å². The molecule has 0 aliphatic heterocycles. The van der Waals surface area contributed by atoms with Gasteiger partial charge >= 0.3 is 0 Å². The first-order valence-electron chi connectivity index (χ1n) is 6.92. The van der Waals surface area contributed by atoms with Gasteiger partial charge < -0.3 is 9.84 Å². The number of hydrogen-bond donors (Lipinski definition) is 1. The Labute approximate surface area is 117 Å². The highest BCUT2D eigenvalue weighted by atomic mass is 32.1. The average molecular weight is 277 g/mol. The van der Waals surface area contributed by atoms with Crippen molar-refractivity contribution >= 4 is 11.3 Å². The van der Waals surface area contributed by atoms with E-state index >= 15 is 0 Å². The minimum atomic E-state index is 0.500. The van der Waals surface area contributed by atoms with Gasteiger partial charge in [-0.3, -0.25) is 0 Å². The lowest BCUT2D eigenvalue weighted by molar-refractivity contribution is 0.345. The van der Waals surface area contributed by atoms with Crippen molar-refractivity contribution in [3.05, 3.63) is 34.1 Å². The topological polar surface area (TPSA) is 51.0 Å². The van der Waals surface area contributed by atoms with Crippen LogP contribution in [0.2, 0.25) is 0 Å². The maximum atomic E-state index is 5.37. The van der Waals surface area contributed by atoms with E-state index in [0.717, 1.165) is 37.0 Å². The van der Waals surface area contributed by atoms with Gasteiger partial charge in [0.25, 0.3) is 0 Å². The van der Waals surface area contributed by atoms with Gasteiger partial charge in [0, 0.05) is 23.8 Å². The summed E-state index contributed by atoms with van der Waals surface area (Å²) in [6.07, 6.45) is 4.29. The van der Waals surface area contributed by atoms with Crippen LogP contribution in [0.3, 0.4) is 0 Å². The summed E-state index contributed by atoms with van der Waals surface area (Å²) in [4.78, 5) is 5.78. The molecule has 1 fully saturated rings. The molecule has 0 spiro atoms. The van der Waals surface area contributed by atoms with Crippen molar-refractivity contribution in [2.24, 2.45) is 5.92 Å². The van der Waals surface area contributed by atoms with E-state index < -0.39 is 0 Å². The zero-order chi connectivity index (χ0) is 13.1. The molecule has 19 heavy (non-hydrogen) atoms. The van der Waals surface area contributed by atoms with Crippen LogP contribution in [0.25, 0.3) is 0 Å². The third kappa shape index (κ3) is 3.42. The number of nitrogens with one attached hydrogen (secondary N) is 1. The van der Waals surface area contributed by atoms with Crippen LogP contribution >= 0.6 is 11.3 Å². The predicted molar refractivity (Wildman–Crippen MR) is 75.3 cm³/mol. The number of nitrogens with zero attached hydrogens (tertiary/aromatic N) is 2. The zero-order valence-electron chi connectivity index (χ0n) is 11.1. The lowest BCUT2D eigenvalue weighted by atomic mass is 10.1. The van der Waals surface area contributed by atoms with Crippen LogP contribution in [-0.4, -0.2) is 22.7 Å². The van der Waals surface area contributed by atoms with E-state index in [-0.39, 0.29) is 0 Å². The van der Waals surface area contributed by atoms with Crippen molar-refractivity contribution in [2.45, 2.75) is 38.6 Å². The molecule has 1 saturated carbocycles. The fraction of sp³-hybridized carbons (Fsp3) is 0.571. The molecule has 1 aliphatic rings. The Kier molecular flexibility index (Phi) is 3.94. The highest BCUT2D eigenvalue weighted by Gasteiger charge is 2.31. The molecule has 2 aromatic heterocycles. The van der Waals surface area contributed by atoms with Crippen molar-refractivity contribution in [2.75, 3.05) is 6.54 Å². The summed E-state index contributed by atoms with van der Waals surface area (Å²) in [6.45, 7) is 3.14. The molecule has 1 atom stereocenters. The molecule has 1 aliphatic carbocycles. The summed E-state index contributed by atoms with van der Waals surface area (Å²) in [6, 6.07) is 4.65. The quantitative estimate of drug-likeness (QED) is 0.845. The third-order valence-electron chi connectivity index (χ3n) is 3.47. The van der Waals surface area contributed by atoms with Gasteiger partial charge in [-0.2, -0.15) is 4.98 Å². The average Bonchev–Trinajstić information content (AvgIpc) is 2.96. The zero-order valence-corrected chi connectivity index (χ0v) is 11.9. The molecule has 1 N–H and O–H groups in total. The minimum Gasteiger partial charge on any atom is -0.339 e. The maximum absolute atomic E-state index is 5.37. The lowest BCUT2D eigenvalue weighted by Gasteiger charge is -2.14. The predicted octanol–water partition coefficient (Wildman–Crippen LogP) is 2.65. The number of rotatable bonds is 7. The summed E-state index contributed by atoms with van der Waals surface area (Å²) in [5, 5.41) is 9.67. The molecule has 5 heteroatoms. The minimum absolute atomic E-state index is 0.500. The number of thiophene rings is 1. The van der Waals surface area contributed by atoms with Gasteiger partial charge in [0.15, 0.2) is 5.82 Å². The Morgan fingerprint density at radius 1 is 1.53 bits per heavy atom. The second kappa shape index (κ2) is 5.84. The highest BCUT2D eigenvalue weighted by molar-refractivity contribution is 7.09. The Hall–Kier alpha value is -1.20. The summed E-state index contributed by atoms with van der Waals surface area (Å²) < 4.78 is 5.37. The SMILES string of the molecule is CCNC(Cc1nc(Cc2cccs2)no1)C1CC1. The Bertz CT molecular complexity index is 505. The Morgan fingerprint density at radius 2 is 2.42 bits per heavy atom. The lowest BCUT2D eigenvalue weighted by Crippen LogP contribution is -2.33. The second-order valence-corrected chi connectivity index (χ2v) is 6.10. The third-order valence-corrected chi connectivity index (χ3v) is 4.35. The van der Waals surface area contributed by atoms with Gasteiger partial charge in [-0.1, -0.05) is 18.1 Å².